The van der Waals surface area contributed by atoms with Gasteiger partial charge in [-0.3, -0.25) is 0 Å². The molecular formula is C17H18O4. The van der Waals surface area contributed by atoms with Gasteiger partial charge in [-0.2, -0.15) is 0 Å². The lowest BCUT2D eigenvalue weighted by molar-refractivity contribution is 0.0630. The summed E-state index contributed by atoms with van der Waals surface area (Å²) in [7, 11) is 3.17. The van der Waals surface area contributed by atoms with Gasteiger partial charge in [-0.25, -0.2) is 0 Å². The van der Waals surface area contributed by atoms with Gasteiger partial charge in [0, 0.05) is 18.6 Å². The van der Waals surface area contributed by atoms with Crippen LogP contribution in [-0.2, 0) is 0 Å². The molecule has 1 heterocycles. The summed E-state index contributed by atoms with van der Waals surface area (Å²) in [6.07, 6.45) is -0.301. The van der Waals surface area contributed by atoms with Crippen molar-refractivity contribution in [2.75, 3.05) is 14.2 Å². The smallest absolute Gasteiger partial charge is 0.133 e. The Balaban J connectivity index is 2.01. The van der Waals surface area contributed by atoms with Crippen molar-refractivity contribution in [3.8, 4) is 17.2 Å². The van der Waals surface area contributed by atoms with Crippen molar-refractivity contribution in [2.45, 2.75) is 18.6 Å². The highest BCUT2D eigenvalue weighted by Gasteiger charge is 2.31. The van der Waals surface area contributed by atoms with Crippen LogP contribution in [0.2, 0.25) is 0 Å². The van der Waals surface area contributed by atoms with Crippen molar-refractivity contribution >= 4 is 0 Å². The molecule has 2 atom stereocenters. The maximum atomic E-state index is 10.5. The van der Waals surface area contributed by atoms with E-state index in [-0.39, 0.29) is 6.10 Å². The Bertz CT molecular complexity index is 624. The normalized spacial score (nSPS) is 20.3. The molecule has 0 amide bonds. The predicted octanol–water partition coefficient (Wildman–Crippen LogP) is 3.26. The largest absolute Gasteiger partial charge is 0.496 e. The van der Waals surface area contributed by atoms with Crippen molar-refractivity contribution in [3.63, 3.8) is 0 Å². The van der Waals surface area contributed by atoms with E-state index >= 15 is 0 Å². The fourth-order valence-corrected chi connectivity index (χ4v) is 2.68. The van der Waals surface area contributed by atoms with Crippen LogP contribution in [0.15, 0.2) is 42.5 Å². The Hall–Kier alpha value is -2.20. The van der Waals surface area contributed by atoms with Crippen molar-refractivity contribution in [2.24, 2.45) is 0 Å². The quantitative estimate of drug-likeness (QED) is 0.941. The molecule has 0 spiro atoms. The number of benzene rings is 2. The molecule has 0 bridgehead atoms. The maximum absolute atomic E-state index is 10.5. The molecule has 4 nitrogen and oxygen atoms in total. The van der Waals surface area contributed by atoms with Crippen molar-refractivity contribution in [1.82, 2.24) is 0 Å². The summed E-state index contributed by atoms with van der Waals surface area (Å²) < 4.78 is 16.7. The average Bonchev–Trinajstić information content (AvgIpc) is 2.54. The van der Waals surface area contributed by atoms with Crippen LogP contribution in [0.5, 0.6) is 17.2 Å². The third-order valence-corrected chi connectivity index (χ3v) is 3.74. The SMILES string of the molecule is COc1cc(OC)c2c(c1)O[C@H](c1ccccc1)C[C@H]2O. The van der Waals surface area contributed by atoms with Crippen molar-refractivity contribution in [3.05, 3.63) is 53.6 Å². The van der Waals surface area contributed by atoms with Crippen LogP contribution < -0.4 is 14.2 Å². The highest BCUT2D eigenvalue weighted by molar-refractivity contribution is 5.53. The molecule has 0 aliphatic carbocycles. The third-order valence-electron chi connectivity index (χ3n) is 3.74. The number of aliphatic hydroxyl groups excluding tert-OH is 1. The van der Waals surface area contributed by atoms with Crippen molar-refractivity contribution < 1.29 is 19.3 Å². The molecule has 4 heteroatoms. The number of methoxy groups -OCH3 is 2. The summed E-state index contributed by atoms with van der Waals surface area (Å²) in [6, 6.07) is 13.4. The number of aliphatic hydroxyl groups is 1. The highest BCUT2D eigenvalue weighted by Crippen LogP contribution is 2.47. The second kappa shape index (κ2) is 5.66. The number of hydrogen-bond donors (Lipinski definition) is 1. The van der Waals surface area contributed by atoms with Gasteiger partial charge in [0.2, 0.25) is 0 Å². The maximum Gasteiger partial charge on any atom is 0.133 e. The number of fused-ring (bicyclic) bond motifs is 1. The van der Waals surface area contributed by atoms with Gasteiger partial charge < -0.3 is 19.3 Å². The van der Waals surface area contributed by atoms with E-state index in [2.05, 4.69) is 0 Å². The average molecular weight is 286 g/mol. The van der Waals surface area contributed by atoms with Gasteiger partial charge >= 0.3 is 0 Å². The molecule has 2 aromatic carbocycles. The van der Waals surface area contributed by atoms with E-state index in [0.717, 1.165) is 5.56 Å². The first-order valence-electron chi connectivity index (χ1n) is 6.88. The van der Waals surface area contributed by atoms with Crippen LogP contribution >= 0.6 is 0 Å². The number of hydrogen-bond acceptors (Lipinski definition) is 4. The molecule has 110 valence electrons. The molecule has 0 unspecified atom stereocenters. The molecule has 0 saturated carbocycles. The standard InChI is InChI=1S/C17H18O4/c1-19-12-8-15(20-2)17-13(18)10-14(21-16(17)9-12)11-6-4-3-5-7-11/h3-9,13-14,18H,10H2,1-2H3/t13-,14+/m1/s1. The lowest BCUT2D eigenvalue weighted by atomic mass is 9.94. The Morgan fingerprint density at radius 2 is 1.86 bits per heavy atom. The van der Waals surface area contributed by atoms with E-state index in [4.69, 9.17) is 14.2 Å². The third kappa shape index (κ3) is 2.54. The molecule has 1 N–H and O–H groups in total. The van der Waals surface area contributed by atoms with Gasteiger partial charge in [-0.1, -0.05) is 30.3 Å². The predicted molar refractivity (Wildman–Crippen MR) is 78.9 cm³/mol. The van der Waals surface area contributed by atoms with Crippen LogP contribution in [0.4, 0.5) is 0 Å². The fraction of sp³-hybridized carbons (Fsp3) is 0.294. The van der Waals surface area contributed by atoms with Crippen LogP contribution in [0.1, 0.15) is 29.8 Å². The zero-order valence-electron chi connectivity index (χ0n) is 12.1. The second-order valence-electron chi connectivity index (χ2n) is 5.01. The van der Waals surface area contributed by atoms with Crippen LogP contribution in [0, 0.1) is 0 Å². The minimum atomic E-state index is -0.625. The molecule has 21 heavy (non-hydrogen) atoms. The summed E-state index contributed by atoms with van der Waals surface area (Å²) in [6.45, 7) is 0. The Morgan fingerprint density at radius 3 is 2.52 bits per heavy atom. The Labute approximate surface area is 123 Å². The topological polar surface area (TPSA) is 47.9 Å². The molecule has 0 fully saturated rings. The number of ether oxygens (including phenoxy) is 3. The molecule has 2 aromatic rings. The number of rotatable bonds is 3. The summed E-state index contributed by atoms with van der Waals surface area (Å²) in [5, 5.41) is 10.5. The first-order valence-corrected chi connectivity index (χ1v) is 6.88. The molecule has 0 saturated heterocycles. The summed E-state index contributed by atoms with van der Waals surface area (Å²) >= 11 is 0. The van der Waals surface area contributed by atoms with Gasteiger partial charge in [0.25, 0.3) is 0 Å². The Kier molecular flexibility index (Phi) is 3.71. The van der Waals surface area contributed by atoms with Crippen molar-refractivity contribution in [1.29, 1.82) is 0 Å². The molecule has 1 aliphatic heterocycles. The van der Waals surface area contributed by atoms with E-state index in [1.807, 2.05) is 30.3 Å². The van der Waals surface area contributed by atoms with Gasteiger partial charge in [-0.05, 0) is 5.56 Å². The molecule has 0 aromatic heterocycles. The van der Waals surface area contributed by atoms with Crippen LogP contribution in [0.3, 0.4) is 0 Å². The minimum absolute atomic E-state index is 0.175. The van der Waals surface area contributed by atoms with E-state index < -0.39 is 6.10 Å². The van der Waals surface area contributed by atoms with E-state index in [0.29, 0.717) is 29.2 Å². The lowest BCUT2D eigenvalue weighted by Crippen LogP contribution is -2.19. The monoisotopic (exact) mass is 286 g/mol. The Morgan fingerprint density at radius 1 is 1.10 bits per heavy atom. The summed E-state index contributed by atoms with van der Waals surface area (Å²) in [4.78, 5) is 0. The first-order chi connectivity index (χ1) is 10.2. The second-order valence-corrected chi connectivity index (χ2v) is 5.01. The minimum Gasteiger partial charge on any atom is -0.496 e. The van der Waals surface area contributed by atoms with E-state index in [9.17, 15) is 5.11 Å². The summed E-state index contributed by atoms with van der Waals surface area (Å²) in [5.74, 6) is 1.84. The zero-order chi connectivity index (χ0) is 14.8. The zero-order valence-corrected chi connectivity index (χ0v) is 12.1. The van der Waals surface area contributed by atoms with E-state index in [1.165, 1.54) is 0 Å². The van der Waals surface area contributed by atoms with Gasteiger partial charge in [0.15, 0.2) is 0 Å². The van der Waals surface area contributed by atoms with Gasteiger partial charge in [0.05, 0.1) is 25.9 Å². The molecule has 1 aliphatic rings. The lowest BCUT2D eigenvalue weighted by Gasteiger charge is -2.31. The molecule has 3 rings (SSSR count). The van der Waals surface area contributed by atoms with Gasteiger partial charge in [-0.15, -0.1) is 0 Å². The highest BCUT2D eigenvalue weighted by atomic mass is 16.5. The van der Waals surface area contributed by atoms with Crippen LogP contribution in [-0.4, -0.2) is 19.3 Å². The first kappa shape index (κ1) is 13.8. The van der Waals surface area contributed by atoms with E-state index in [1.54, 1.807) is 26.4 Å². The van der Waals surface area contributed by atoms with Gasteiger partial charge in [0.1, 0.15) is 23.4 Å². The van der Waals surface area contributed by atoms with Crippen LogP contribution in [0.25, 0.3) is 0 Å². The molecular weight excluding hydrogens is 268 g/mol. The fourth-order valence-electron chi connectivity index (χ4n) is 2.68. The molecule has 0 radical (unpaired) electrons. The summed E-state index contributed by atoms with van der Waals surface area (Å²) in [5.41, 5.74) is 1.73.